The third kappa shape index (κ3) is 5.42. The number of likely N-dealkylation sites (tertiary alicyclic amines) is 1. The van der Waals surface area contributed by atoms with E-state index in [-0.39, 0.29) is 0 Å². The summed E-state index contributed by atoms with van der Waals surface area (Å²) in [5.41, 5.74) is 4.28. The molecule has 0 bridgehead atoms. The van der Waals surface area contributed by atoms with Gasteiger partial charge in [0, 0.05) is 20.2 Å². The molecule has 0 spiro atoms. The predicted octanol–water partition coefficient (Wildman–Crippen LogP) is 2.75. The lowest BCUT2D eigenvalue weighted by atomic mass is 9.96. The van der Waals surface area contributed by atoms with Crippen molar-refractivity contribution in [3.63, 3.8) is 0 Å². The van der Waals surface area contributed by atoms with Crippen molar-refractivity contribution in [1.29, 1.82) is 0 Å². The van der Waals surface area contributed by atoms with Gasteiger partial charge in [0.05, 0.1) is 6.61 Å². The number of hydrogen-bond acceptors (Lipinski definition) is 3. The number of hydrogen-bond donors (Lipinski definition) is 1. The zero-order valence-corrected chi connectivity index (χ0v) is 13.8. The summed E-state index contributed by atoms with van der Waals surface area (Å²) in [5.74, 6) is 0.830. The molecular formula is C18H30N2O. The molecule has 1 aromatic carbocycles. The molecule has 1 fully saturated rings. The Balaban J connectivity index is 1.72. The number of aryl methyl sites for hydroxylation is 2. The third-order valence-electron chi connectivity index (χ3n) is 4.52. The summed E-state index contributed by atoms with van der Waals surface area (Å²) in [7, 11) is 1.76. The molecule has 0 aromatic heterocycles. The number of nitrogens with one attached hydrogen (secondary N) is 1. The fourth-order valence-electron chi connectivity index (χ4n) is 3.04. The summed E-state index contributed by atoms with van der Waals surface area (Å²) in [5, 5.41) is 3.49. The van der Waals surface area contributed by atoms with Crippen LogP contribution >= 0.6 is 0 Å². The Kier molecular flexibility index (Phi) is 6.68. The monoisotopic (exact) mass is 290 g/mol. The summed E-state index contributed by atoms with van der Waals surface area (Å²) in [6.07, 6.45) is 2.62. The number of nitrogens with zero attached hydrogens (tertiary/aromatic N) is 1. The summed E-state index contributed by atoms with van der Waals surface area (Å²) in [6, 6.07) is 6.79. The van der Waals surface area contributed by atoms with Gasteiger partial charge in [-0.25, -0.2) is 0 Å². The van der Waals surface area contributed by atoms with E-state index < -0.39 is 0 Å². The lowest BCUT2D eigenvalue weighted by Crippen LogP contribution is -2.37. The molecule has 1 aliphatic heterocycles. The molecule has 0 unspecified atom stereocenters. The highest BCUT2D eigenvalue weighted by atomic mass is 16.5. The number of methoxy groups -OCH3 is 1. The zero-order chi connectivity index (χ0) is 15.1. The highest BCUT2D eigenvalue weighted by molar-refractivity contribution is 5.30. The Labute approximate surface area is 129 Å². The maximum atomic E-state index is 5.06. The zero-order valence-electron chi connectivity index (χ0n) is 13.8. The minimum atomic E-state index is 0.811. The Hall–Kier alpha value is -0.900. The topological polar surface area (TPSA) is 24.5 Å². The van der Waals surface area contributed by atoms with Crippen LogP contribution in [0.25, 0.3) is 0 Å². The van der Waals surface area contributed by atoms with Crippen LogP contribution in [0.1, 0.15) is 29.5 Å². The molecule has 1 saturated heterocycles. The van der Waals surface area contributed by atoms with E-state index in [1.807, 2.05) is 0 Å². The van der Waals surface area contributed by atoms with Crippen molar-refractivity contribution in [3.05, 3.63) is 34.9 Å². The van der Waals surface area contributed by atoms with Gasteiger partial charge in [0.15, 0.2) is 0 Å². The van der Waals surface area contributed by atoms with Crippen LogP contribution in [0.3, 0.4) is 0 Å². The summed E-state index contributed by atoms with van der Waals surface area (Å²) in [6.45, 7) is 10.9. The van der Waals surface area contributed by atoms with Crippen LogP contribution in [0.5, 0.6) is 0 Å². The average Bonchev–Trinajstić information content (AvgIpc) is 2.49. The smallest absolute Gasteiger partial charge is 0.0587 e. The molecule has 1 heterocycles. The lowest BCUT2D eigenvalue weighted by Gasteiger charge is -2.32. The second-order valence-electron chi connectivity index (χ2n) is 6.35. The molecule has 0 atom stereocenters. The van der Waals surface area contributed by atoms with Gasteiger partial charge < -0.3 is 10.1 Å². The molecule has 3 nitrogen and oxygen atoms in total. The van der Waals surface area contributed by atoms with Crippen molar-refractivity contribution in [2.24, 2.45) is 5.92 Å². The van der Waals surface area contributed by atoms with Crippen molar-refractivity contribution in [2.75, 3.05) is 39.9 Å². The molecular weight excluding hydrogens is 260 g/mol. The molecule has 0 saturated carbocycles. The molecule has 2 rings (SSSR count). The van der Waals surface area contributed by atoms with Gasteiger partial charge in [0.1, 0.15) is 0 Å². The van der Waals surface area contributed by atoms with Crippen LogP contribution in [-0.2, 0) is 11.3 Å². The van der Waals surface area contributed by atoms with Crippen molar-refractivity contribution < 1.29 is 4.74 Å². The van der Waals surface area contributed by atoms with E-state index in [0.717, 1.165) is 32.2 Å². The molecule has 118 valence electrons. The van der Waals surface area contributed by atoms with Crippen LogP contribution in [0, 0.1) is 19.8 Å². The second kappa shape index (κ2) is 8.52. The number of rotatable bonds is 7. The van der Waals surface area contributed by atoms with Crippen molar-refractivity contribution in [1.82, 2.24) is 10.2 Å². The minimum absolute atomic E-state index is 0.811. The number of benzene rings is 1. The van der Waals surface area contributed by atoms with E-state index in [2.05, 4.69) is 42.3 Å². The Morgan fingerprint density at radius 2 is 2.00 bits per heavy atom. The van der Waals surface area contributed by atoms with Gasteiger partial charge in [0.2, 0.25) is 0 Å². The van der Waals surface area contributed by atoms with Crippen LogP contribution in [0.2, 0.25) is 0 Å². The standard InChI is InChI=1S/C18H30N2O/c1-15-4-5-16(2)18(12-15)14-20-9-6-17(7-10-20)13-19-8-11-21-3/h4-5,12,17,19H,6-11,13-14H2,1-3H3. The fraction of sp³-hybridized carbons (Fsp3) is 0.667. The average molecular weight is 290 g/mol. The van der Waals surface area contributed by atoms with E-state index >= 15 is 0 Å². The molecule has 1 aliphatic rings. The fourth-order valence-corrected chi connectivity index (χ4v) is 3.04. The Morgan fingerprint density at radius 3 is 2.71 bits per heavy atom. The largest absolute Gasteiger partial charge is 0.383 e. The minimum Gasteiger partial charge on any atom is -0.383 e. The van der Waals surface area contributed by atoms with Crippen molar-refractivity contribution in [2.45, 2.75) is 33.2 Å². The molecule has 1 aromatic rings. The first-order valence-electron chi connectivity index (χ1n) is 8.17. The van der Waals surface area contributed by atoms with Gasteiger partial charge in [0.25, 0.3) is 0 Å². The first-order valence-corrected chi connectivity index (χ1v) is 8.17. The van der Waals surface area contributed by atoms with Crippen LogP contribution in [-0.4, -0.2) is 44.8 Å². The maximum absolute atomic E-state index is 5.06. The van der Waals surface area contributed by atoms with Gasteiger partial charge in [-0.2, -0.15) is 0 Å². The van der Waals surface area contributed by atoms with E-state index in [4.69, 9.17) is 4.74 Å². The van der Waals surface area contributed by atoms with Gasteiger partial charge in [-0.3, -0.25) is 4.90 Å². The molecule has 0 radical (unpaired) electrons. The van der Waals surface area contributed by atoms with Crippen LogP contribution in [0.4, 0.5) is 0 Å². The van der Waals surface area contributed by atoms with E-state index in [1.54, 1.807) is 7.11 Å². The highest BCUT2D eigenvalue weighted by Gasteiger charge is 2.19. The van der Waals surface area contributed by atoms with Crippen LogP contribution in [0.15, 0.2) is 18.2 Å². The highest BCUT2D eigenvalue weighted by Crippen LogP contribution is 2.20. The van der Waals surface area contributed by atoms with Gasteiger partial charge in [-0.1, -0.05) is 23.8 Å². The second-order valence-corrected chi connectivity index (χ2v) is 6.35. The number of ether oxygens (including phenoxy) is 1. The van der Waals surface area contributed by atoms with E-state index in [9.17, 15) is 0 Å². The molecule has 0 aliphatic carbocycles. The normalized spacial score (nSPS) is 17.3. The van der Waals surface area contributed by atoms with E-state index in [0.29, 0.717) is 0 Å². The maximum Gasteiger partial charge on any atom is 0.0587 e. The summed E-state index contributed by atoms with van der Waals surface area (Å²) < 4.78 is 5.06. The van der Waals surface area contributed by atoms with Gasteiger partial charge in [-0.15, -0.1) is 0 Å². The SMILES string of the molecule is COCCNCC1CCN(Cc2cc(C)ccc2C)CC1. The molecule has 1 N–H and O–H groups in total. The quantitative estimate of drug-likeness (QED) is 0.782. The molecule has 0 amide bonds. The Morgan fingerprint density at radius 1 is 1.24 bits per heavy atom. The molecule has 3 heteroatoms. The number of piperidine rings is 1. The first-order chi connectivity index (χ1) is 10.2. The van der Waals surface area contributed by atoms with Gasteiger partial charge >= 0.3 is 0 Å². The molecule has 21 heavy (non-hydrogen) atoms. The van der Waals surface area contributed by atoms with Gasteiger partial charge in [-0.05, 0) is 63.4 Å². The Bertz CT molecular complexity index is 425. The summed E-state index contributed by atoms with van der Waals surface area (Å²) >= 11 is 0. The first kappa shape index (κ1) is 16.5. The summed E-state index contributed by atoms with van der Waals surface area (Å²) in [4.78, 5) is 2.60. The predicted molar refractivity (Wildman–Crippen MR) is 88.7 cm³/mol. The lowest BCUT2D eigenvalue weighted by molar-refractivity contribution is 0.168. The van der Waals surface area contributed by atoms with Crippen LogP contribution < -0.4 is 5.32 Å². The van der Waals surface area contributed by atoms with Crippen molar-refractivity contribution >= 4 is 0 Å². The third-order valence-corrected chi connectivity index (χ3v) is 4.52. The van der Waals surface area contributed by atoms with Crippen molar-refractivity contribution in [3.8, 4) is 0 Å². The van der Waals surface area contributed by atoms with E-state index in [1.165, 1.54) is 42.6 Å².